The van der Waals surface area contributed by atoms with E-state index < -0.39 is 40.8 Å². The first kappa shape index (κ1) is 28.9. The van der Waals surface area contributed by atoms with Gasteiger partial charge in [0, 0.05) is 23.8 Å². The second-order valence-electron chi connectivity index (χ2n) is 11.9. The van der Waals surface area contributed by atoms with E-state index in [9.17, 15) is 14.7 Å². The number of guanidine groups is 1. The predicted octanol–water partition coefficient (Wildman–Crippen LogP) is 3.63. The van der Waals surface area contributed by atoms with Crippen LogP contribution in [0.5, 0.6) is 11.5 Å². The lowest BCUT2D eigenvalue weighted by Gasteiger charge is -2.48. The average Bonchev–Trinajstić information content (AvgIpc) is 2.95. The third-order valence-electron chi connectivity index (χ3n) is 8.99. The summed E-state index contributed by atoms with van der Waals surface area (Å²) in [6.07, 6.45) is 0.617. The maximum Gasteiger partial charge on any atom is 0.251 e. The van der Waals surface area contributed by atoms with E-state index in [1.165, 1.54) is 4.90 Å². The number of aliphatic hydroxyl groups excluding tert-OH is 1. The van der Waals surface area contributed by atoms with Crippen LogP contribution in [0.25, 0.3) is 0 Å². The van der Waals surface area contributed by atoms with Crippen LogP contribution in [0.2, 0.25) is 0 Å². The number of para-hydroxylation sites is 1. The molecule has 0 saturated heterocycles. The Balaban J connectivity index is 1.53. The second-order valence-corrected chi connectivity index (χ2v) is 11.9. The number of aliphatic imine (C=N–C) groups is 1. The zero-order chi connectivity index (χ0) is 29.7. The van der Waals surface area contributed by atoms with Gasteiger partial charge in [-0.15, -0.1) is 0 Å². The summed E-state index contributed by atoms with van der Waals surface area (Å²) >= 11 is 0. The van der Waals surface area contributed by atoms with Crippen molar-refractivity contribution in [2.45, 2.75) is 88.8 Å². The molecule has 3 aliphatic rings. The van der Waals surface area contributed by atoms with Crippen LogP contribution in [0.3, 0.4) is 0 Å². The van der Waals surface area contributed by atoms with Gasteiger partial charge in [-0.2, -0.15) is 0 Å². The molecule has 10 heteroatoms. The topological polar surface area (TPSA) is 136 Å². The summed E-state index contributed by atoms with van der Waals surface area (Å²) in [6, 6.07) is 11.1. The molecule has 2 aromatic rings. The average molecular weight is 565 g/mol. The van der Waals surface area contributed by atoms with Gasteiger partial charge in [0.15, 0.2) is 5.96 Å². The van der Waals surface area contributed by atoms with Crippen LogP contribution in [0.15, 0.2) is 47.5 Å². The fourth-order valence-corrected chi connectivity index (χ4v) is 6.14. The minimum Gasteiger partial charge on any atom is -0.490 e. The Bertz CT molecular complexity index is 1390. The van der Waals surface area contributed by atoms with Gasteiger partial charge in [-0.3, -0.25) is 14.5 Å². The summed E-state index contributed by atoms with van der Waals surface area (Å²) in [5.74, 6) is 0.723. The first-order chi connectivity index (χ1) is 19.4. The quantitative estimate of drug-likeness (QED) is 0.488. The van der Waals surface area contributed by atoms with Crippen LogP contribution in [0, 0.1) is 0 Å². The van der Waals surface area contributed by atoms with Crippen LogP contribution in [-0.4, -0.2) is 64.3 Å². The van der Waals surface area contributed by atoms with Crippen LogP contribution in [0.1, 0.15) is 87.4 Å². The normalized spacial score (nSPS) is 28.0. The molecule has 0 unspecified atom stereocenters. The highest BCUT2D eigenvalue weighted by molar-refractivity contribution is 6.00. The van der Waals surface area contributed by atoms with Gasteiger partial charge < -0.3 is 30.4 Å². The molecule has 0 spiro atoms. The van der Waals surface area contributed by atoms with Crippen molar-refractivity contribution in [3.8, 4) is 11.5 Å². The molecule has 4 N–H and O–H groups in total. The standard InChI is InChI=1S/C31H40N4O6/c1-7-31(8-2)16-23(36)35(28(32)34-31)25-20-15-18(13-14-21(20)40-17-30(25,5)39-6)27(38)33-24-19-11-9-10-12-22(19)41-29(3,4)26(24)37/h9-15,24-26,37H,7-8,16-17H2,1-6H3,(H2,32,34)(H,33,38)/t24-,25+,26+,30+/m1/s1. The predicted molar refractivity (Wildman–Crippen MR) is 154 cm³/mol. The molecule has 0 bridgehead atoms. The van der Waals surface area contributed by atoms with Crippen molar-refractivity contribution < 1.29 is 28.9 Å². The van der Waals surface area contributed by atoms with E-state index in [0.717, 1.165) is 0 Å². The minimum atomic E-state index is -0.994. The fourth-order valence-electron chi connectivity index (χ4n) is 6.14. The Morgan fingerprint density at radius 2 is 1.85 bits per heavy atom. The zero-order valence-electron chi connectivity index (χ0n) is 24.6. The molecule has 41 heavy (non-hydrogen) atoms. The van der Waals surface area contributed by atoms with Gasteiger partial charge in [-0.1, -0.05) is 32.0 Å². The summed E-state index contributed by atoms with van der Waals surface area (Å²) in [7, 11) is 1.56. The number of carbonyl (C=O) groups is 2. The number of nitrogens with two attached hydrogens (primary N) is 1. The van der Waals surface area contributed by atoms with Crippen molar-refractivity contribution in [3.05, 3.63) is 59.2 Å². The van der Waals surface area contributed by atoms with E-state index in [-0.39, 0.29) is 24.9 Å². The summed E-state index contributed by atoms with van der Waals surface area (Å²) in [5.41, 5.74) is 5.71. The summed E-state index contributed by atoms with van der Waals surface area (Å²) in [5, 5.41) is 14.1. The highest BCUT2D eigenvalue weighted by Gasteiger charge is 2.51. The lowest BCUT2D eigenvalue weighted by Crippen LogP contribution is -2.60. The van der Waals surface area contributed by atoms with E-state index in [1.54, 1.807) is 39.2 Å². The summed E-state index contributed by atoms with van der Waals surface area (Å²) in [4.78, 5) is 33.7. The van der Waals surface area contributed by atoms with E-state index >= 15 is 0 Å². The molecule has 0 aromatic heterocycles. The number of benzene rings is 2. The summed E-state index contributed by atoms with van der Waals surface area (Å²) in [6.45, 7) is 9.61. The highest BCUT2D eigenvalue weighted by atomic mass is 16.5. The van der Waals surface area contributed by atoms with E-state index in [2.05, 4.69) is 5.32 Å². The monoisotopic (exact) mass is 564 g/mol. The maximum absolute atomic E-state index is 13.7. The summed E-state index contributed by atoms with van der Waals surface area (Å²) < 4.78 is 18.0. The number of amides is 2. The van der Waals surface area contributed by atoms with Crippen LogP contribution in [-0.2, 0) is 9.53 Å². The van der Waals surface area contributed by atoms with Crippen molar-refractivity contribution in [2.75, 3.05) is 13.7 Å². The van der Waals surface area contributed by atoms with Gasteiger partial charge in [0.05, 0.1) is 18.0 Å². The first-order valence-electron chi connectivity index (χ1n) is 14.1. The molecule has 4 atom stereocenters. The molecule has 3 aliphatic heterocycles. The second kappa shape index (κ2) is 10.3. The molecular weight excluding hydrogens is 524 g/mol. The Morgan fingerprint density at radius 1 is 1.15 bits per heavy atom. The van der Waals surface area contributed by atoms with Gasteiger partial charge in [-0.25, -0.2) is 4.99 Å². The molecule has 220 valence electrons. The lowest BCUT2D eigenvalue weighted by molar-refractivity contribution is -0.143. The zero-order valence-corrected chi connectivity index (χ0v) is 24.6. The van der Waals surface area contributed by atoms with Gasteiger partial charge in [0.2, 0.25) is 5.91 Å². The number of aliphatic hydroxyl groups is 1. The maximum atomic E-state index is 13.7. The molecule has 0 aliphatic carbocycles. The van der Waals surface area contributed by atoms with Crippen LogP contribution < -0.4 is 20.5 Å². The third-order valence-corrected chi connectivity index (χ3v) is 8.99. The number of hydrogen-bond acceptors (Lipinski definition) is 8. The fraction of sp³-hybridized carbons (Fsp3) is 0.516. The largest absolute Gasteiger partial charge is 0.490 e. The molecule has 5 rings (SSSR count). The first-order valence-corrected chi connectivity index (χ1v) is 14.1. The number of ether oxygens (including phenoxy) is 3. The van der Waals surface area contributed by atoms with E-state index in [0.29, 0.717) is 41.0 Å². The van der Waals surface area contributed by atoms with Crippen molar-refractivity contribution in [2.24, 2.45) is 10.7 Å². The molecule has 10 nitrogen and oxygen atoms in total. The Kier molecular flexibility index (Phi) is 7.28. The number of carbonyl (C=O) groups excluding carboxylic acids is 2. The number of methoxy groups -OCH3 is 1. The van der Waals surface area contributed by atoms with Crippen molar-refractivity contribution in [1.82, 2.24) is 10.2 Å². The van der Waals surface area contributed by atoms with Gasteiger partial charge in [-0.05, 0) is 57.9 Å². The van der Waals surface area contributed by atoms with Gasteiger partial charge >= 0.3 is 0 Å². The smallest absolute Gasteiger partial charge is 0.251 e. The number of hydrogen-bond donors (Lipinski definition) is 3. The molecule has 3 heterocycles. The Morgan fingerprint density at radius 3 is 2.51 bits per heavy atom. The third kappa shape index (κ3) is 4.82. The Hall–Kier alpha value is -3.63. The van der Waals surface area contributed by atoms with E-state index in [1.807, 2.05) is 45.0 Å². The number of nitrogens with one attached hydrogen (secondary N) is 1. The van der Waals surface area contributed by atoms with Crippen molar-refractivity contribution in [1.29, 1.82) is 0 Å². The van der Waals surface area contributed by atoms with Crippen LogP contribution >= 0.6 is 0 Å². The van der Waals surface area contributed by atoms with Crippen LogP contribution in [0.4, 0.5) is 0 Å². The molecule has 0 radical (unpaired) electrons. The van der Waals surface area contributed by atoms with E-state index in [4.69, 9.17) is 24.9 Å². The van der Waals surface area contributed by atoms with Crippen molar-refractivity contribution >= 4 is 17.8 Å². The SMILES string of the molecule is CCC1(CC)CC(=O)N([C@H]2c3cc(C(=O)N[C@@H]4c5ccccc5OC(C)(C)[C@H]4O)ccc3OC[C@]2(C)OC)C(N)=N1. The molecule has 2 aromatic carbocycles. The number of rotatable bonds is 6. The molecule has 0 saturated carbocycles. The molecular formula is C31H40N4O6. The number of fused-ring (bicyclic) bond motifs is 2. The minimum absolute atomic E-state index is 0.130. The lowest BCUT2D eigenvalue weighted by atomic mass is 9.82. The van der Waals surface area contributed by atoms with Gasteiger partial charge in [0.1, 0.15) is 41.5 Å². The molecule has 2 amide bonds. The molecule has 0 fully saturated rings. The highest BCUT2D eigenvalue weighted by Crippen LogP contribution is 2.46. The van der Waals surface area contributed by atoms with Crippen molar-refractivity contribution in [3.63, 3.8) is 0 Å². The number of nitrogens with zero attached hydrogens (tertiary/aromatic N) is 2. The van der Waals surface area contributed by atoms with Gasteiger partial charge in [0.25, 0.3) is 5.91 Å². The Labute approximate surface area is 240 Å².